The molecule has 0 aliphatic carbocycles. The molecule has 0 radical (unpaired) electrons. The van der Waals surface area contributed by atoms with Crippen LogP contribution in [0.5, 0.6) is 0 Å². The van der Waals surface area contributed by atoms with E-state index in [-0.39, 0.29) is 6.61 Å². The van der Waals surface area contributed by atoms with Gasteiger partial charge in [-0.25, -0.2) is 9.97 Å². The summed E-state index contributed by atoms with van der Waals surface area (Å²) in [7, 11) is 1.56. The number of pyridine rings is 1. The molecule has 1 fully saturated rings. The number of aromatic nitrogens is 4. The zero-order valence-corrected chi connectivity index (χ0v) is 15.5. The largest absolute Gasteiger partial charge is 0.384 e. The average Bonchev–Trinajstić information content (AvgIpc) is 3.04. The van der Waals surface area contributed by atoms with Crippen LogP contribution in [-0.4, -0.2) is 64.5 Å². The summed E-state index contributed by atoms with van der Waals surface area (Å²) in [6.07, 6.45) is 4.75. The zero-order valence-electron chi connectivity index (χ0n) is 15.5. The highest BCUT2D eigenvalue weighted by atomic mass is 16.5. The maximum atomic E-state index is 10.0. The first-order chi connectivity index (χ1) is 13.2. The van der Waals surface area contributed by atoms with Crippen LogP contribution in [0.25, 0.3) is 16.9 Å². The second-order valence-electron chi connectivity index (χ2n) is 6.53. The summed E-state index contributed by atoms with van der Waals surface area (Å²) in [5.41, 5.74) is 4.23. The van der Waals surface area contributed by atoms with Crippen molar-refractivity contribution < 1.29 is 14.6 Å². The molecule has 1 unspecified atom stereocenters. The highest BCUT2D eigenvalue weighted by Crippen LogP contribution is 2.28. The van der Waals surface area contributed by atoms with Gasteiger partial charge in [-0.3, -0.25) is 9.38 Å². The van der Waals surface area contributed by atoms with Crippen LogP contribution in [0.1, 0.15) is 17.5 Å². The Morgan fingerprint density at radius 3 is 2.78 bits per heavy atom. The van der Waals surface area contributed by atoms with E-state index in [1.807, 2.05) is 25.3 Å². The van der Waals surface area contributed by atoms with Gasteiger partial charge in [0.1, 0.15) is 6.10 Å². The van der Waals surface area contributed by atoms with Gasteiger partial charge >= 0.3 is 0 Å². The van der Waals surface area contributed by atoms with Crippen molar-refractivity contribution in [3.05, 3.63) is 42.1 Å². The van der Waals surface area contributed by atoms with E-state index in [1.165, 1.54) is 0 Å². The van der Waals surface area contributed by atoms with Crippen molar-refractivity contribution in [3.63, 3.8) is 0 Å². The third-order valence-electron chi connectivity index (χ3n) is 4.73. The molecule has 1 saturated heterocycles. The molecule has 4 rings (SSSR count). The molecule has 0 aromatic carbocycles. The minimum atomic E-state index is -0.732. The van der Waals surface area contributed by atoms with E-state index >= 15 is 0 Å². The summed E-state index contributed by atoms with van der Waals surface area (Å²) < 4.78 is 12.5. The second kappa shape index (κ2) is 7.59. The molecule has 0 amide bonds. The van der Waals surface area contributed by atoms with Gasteiger partial charge in [-0.05, 0) is 19.1 Å². The van der Waals surface area contributed by atoms with E-state index < -0.39 is 6.10 Å². The van der Waals surface area contributed by atoms with E-state index in [0.717, 1.165) is 41.5 Å². The molecule has 1 atom stereocenters. The molecule has 1 aliphatic heterocycles. The molecule has 0 bridgehead atoms. The monoisotopic (exact) mass is 369 g/mol. The number of imidazole rings is 1. The number of aliphatic hydroxyl groups is 1. The molecule has 1 N–H and O–H groups in total. The first kappa shape index (κ1) is 17.8. The zero-order chi connectivity index (χ0) is 18.8. The Morgan fingerprint density at radius 1 is 1.26 bits per heavy atom. The van der Waals surface area contributed by atoms with Gasteiger partial charge in [-0.15, -0.1) is 0 Å². The van der Waals surface area contributed by atoms with Gasteiger partial charge in [0.05, 0.1) is 36.9 Å². The van der Waals surface area contributed by atoms with E-state index in [0.29, 0.717) is 18.9 Å². The highest BCUT2D eigenvalue weighted by molar-refractivity contribution is 5.73. The lowest BCUT2D eigenvalue weighted by molar-refractivity contribution is 0.0617. The lowest BCUT2D eigenvalue weighted by atomic mass is 10.1. The number of morpholine rings is 1. The summed E-state index contributed by atoms with van der Waals surface area (Å²) in [4.78, 5) is 15.9. The molecule has 3 aromatic rings. The van der Waals surface area contributed by atoms with E-state index in [2.05, 4.69) is 19.3 Å². The minimum Gasteiger partial charge on any atom is -0.384 e. The number of fused-ring (bicyclic) bond motifs is 1. The van der Waals surface area contributed by atoms with Crippen LogP contribution in [0.2, 0.25) is 0 Å². The van der Waals surface area contributed by atoms with Crippen molar-refractivity contribution >= 4 is 11.5 Å². The molecule has 0 saturated carbocycles. The van der Waals surface area contributed by atoms with Crippen molar-refractivity contribution in [1.82, 2.24) is 19.4 Å². The third kappa shape index (κ3) is 3.39. The molecule has 4 heterocycles. The maximum Gasteiger partial charge on any atom is 0.181 e. The fourth-order valence-corrected chi connectivity index (χ4v) is 3.41. The normalized spacial score (nSPS) is 16.0. The SMILES string of the molecule is COCC(O)c1ccc(-c2c(C)nc3c(N4CCOCC4)nccn23)cn1. The molecular weight excluding hydrogens is 346 g/mol. The third-order valence-corrected chi connectivity index (χ3v) is 4.73. The van der Waals surface area contributed by atoms with E-state index in [4.69, 9.17) is 14.5 Å². The molecule has 1 aliphatic rings. The Hall–Kier alpha value is -2.55. The predicted molar refractivity (Wildman–Crippen MR) is 101 cm³/mol. The van der Waals surface area contributed by atoms with Gasteiger partial charge in [-0.2, -0.15) is 0 Å². The van der Waals surface area contributed by atoms with Crippen molar-refractivity contribution in [2.45, 2.75) is 13.0 Å². The number of anilines is 1. The van der Waals surface area contributed by atoms with E-state index in [1.54, 1.807) is 19.5 Å². The van der Waals surface area contributed by atoms with Crippen LogP contribution in [0, 0.1) is 6.92 Å². The van der Waals surface area contributed by atoms with Crippen LogP contribution in [0.4, 0.5) is 5.82 Å². The Bertz CT molecular complexity index is 919. The Kier molecular flexibility index (Phi) is 5.02. The summed E-state index contributed by atoms with van der Waals surface area (Å²) >= 11 is 0. The number of ether oxygens (including phenoxy) is 2. The van der Waals surface area contributed by atoms with E-state index in [9.17, 15) is 5.11 Å². The van der Waals surface area contributed by atoms with Gasteiger partial charge in [0.25, 0.3) is 0 Å². The lowest BCUT2D eigenvalue weighted by Crippen LogP contribution is -2.37. The van der Waals surface area contributed by atoms with Crippen LogP contribution in [-0.2, 0) is 9.47 Å². The standard InChI is InChI=1S/C19H23N5O3/c1-13-17(14-3-4-15(21-11-14)16(25)12-26-2)24-6-5-20-18(19(24)22-13)23-7-9-27-10-8-23/h3-6,11,16,25H,7-10,12H2,1-2H3. The van der Waals surface area contributed by atoms with Gasteiger partial charge in [0.15, 0.2) is 11.5 Å². The predicted octanol–water partition coefficient (Wildman–Crippen LogP) is 1.62. The first-order valence-corrected chi connectivity index (χ1v) is 8.98. The number of rotatable bonds is 5. The molecular formula is C19H23N5O3. The summed E-state index contributed by atoms with van der Waals surface area (Å²) in [6.45, 7) is 5.21. The molecule has 3 aromatic heterocycles. The molecule has 27 heavy (non-hydrogen) atoms. The average molecular weight is 369 g/mol. The van der Waals surface area contributed by atoms with Gasteiger partial charge in [0.2, 0.25) is 0 Å². The number of aryl methyl sites for hydroxylation is 1. The molecule has 142 valence electrons. The Labute approximate surface area is 157 Å². The fourth-order valence-electron chi connectivity index (χ4n) is 3.41. The Balaban J connectivity index is 1.73. The number of methoxy groups -OCH3 is 1. The van der Waals surface area contributed by atoms with Gasteiger partial charge in [-0.1, -0.05) is 0 Å². The van der Waals surface area contributed by atoms with Crippen molar-refractivity contribution in [3.8, 4) is 11.3 Å². The molecule has 0 spiro atoms. The number of hydrogen-bond acceptors (Lipinski definition) is 7. The van der Waals surface area contributed by atoms with Crippen molar-refractivity contribution in [2.24, 2.45) is 0 Å². The van der Waals surface area contributed by atoms with Crippen molar-refractivity contribution in [1.29, 1.82) is 0 Å². The maximum absolute atomic E-state index is 10.0. The van der Waals surface area contributed by atoms with Gasteiger partial charge < -0.3 is 19.5 Å². The van der Waals surface area contributed by atoms with Crippen LogP contribution in [0.15, 0.2) is 30.7 Å². The highest BCUT2D eigenvalue weighted by Gasteiger charge is 2.20. The van der Waals surface area contributed by atoms with Crippen molar-refractivity contribution in [2.75, 3.05) is 44.9 Å². The minimum absolute atomic E-state index is 0.218. The number of hydrogen-bond donors (Lipinski definition) is 1. The summed E-state index contributed by atoms with van der Waals surface area (Å²) in [5, 5.41) is 10.0. The second-order valence-corrected chi connectivity index (χ2v) is 6.53. The number of nitrogens with zero attached hydrogens (tertiary/aromatic N) is 5. The van der Waals surface area contributed by atoms with Crippen LogP contribution in [0.3, 0.4) is 0 Å². The topological polar surface area (TPSA) is 85.0 Å². The first-order valence-electron chi connectivity index (χ1n) is 8.98. The van der Waals surface area contributed by atoms with Crippen LogP contribution < -0.4 is 4.90 Å². The Morgan fingerprint density at radius 2 is 2.07 bits per heavy atom. The quantitative estimate of drug-likeness (QED) is 0.731. The lowest BCUT2D eigenvalue weighted by Gasteiger charge is -2.27. The molecule has 8 heteroatoms. The fraction of sp³-hybridized carbons (Fsp3) is 0.421. The van der Waals surface area contributed by atoms with Crippen LogP contribution >= 0.6 is 0 Å². The number of aliphatic hydroxyl groups excluding tert-OH is 1. The smallest absolute Gasteiger partial charge is 0.181 e. The molecule has 8 nitrogen and oxygen atoms in total. The summed E-state index contributed by atoms with van der Waals surface area (Å²) in [5.74, 6) is 0.871. The summed E-state index contributed by atoms with van der Waals surface area (Å²) in [6, 6.07) is 3.77. The van der Waals surface area contributed by atoms with Gasteiger partial charge in [0, 0.05) is 44.4 Å².